The molecule has 1 unspecified atom stereocenters. The number of hydrogen-bond acceptors (Lipinski definition) is 4. The van der Waals surface area contributed by atoms with Gasteiger partial charge in [-0.1, -0.05) is 60.7 Å². The van der Waals surface area contributed by atoms with E-state index in [9.17, 15) is 4.79 Å². The zero-order valence-electron chi connectivity index (χ0n) is 14.2. The van der Waals surface area contributed by atoms with Gasteiger partial charge in [0.05, 0.1) is 12.3 Å². The minimum atomic E-state index is -0.122. The predicted molar refractivity (Wildman–Crippen MR) is 102 cm³/mol. The second-order valence-corrected chi connectivity index (χ2v) is 6.76. The summed E-state index contributed by atoms with van der Waals surface area (Å²) in [6.07, 6.45) is 0. The van der Waals surface area contributed by atoms with Crippen molar-refractivity contribution in [1.29, 1.82) is 0 Å². The number of carbonyl (C=O) groups is 1. The largest absolute Gasteiger partial charge is 0.383 e. The Morgan fingerprint density at radius 1 is 1.08 bits per heavy atom. The van der Waals surface area contributed by atoms with Crippen molar-refractivity contribution in [1.82, 2.24) is 10.3 Å². The maximum atomic E-state index is 12.8. The van der Waals surface area contributed by atoms with Crippen molar-refractivity contribution in [3.05, 3.63) is 65.5 Å². The fourth-order valence-corrected chi connectivity index (χ4v) is 3.55. The lowest BCUT2D eigenvalue weighted by Gasteiger charge is -2.12. The third-order valence-corrected chi connectivity index (χ3v) is 4.80. The quantitative estimate of drug-likeness (QED) is 0.722. The molecule has 1 atom stereocenters. The van der Waals surface area contributed by atoms with E-state index in [1.165, 1.54) is 11.3 Å². The molecule has 2 aromatic carbocycles. The van der Waals surface area contributed by atoms with E-state index in [1.54, 1.807) is 7.11 Å². The molecule has 0 saturated heterocycles. The van der Waals surface area contributed by atoms with Crippen LogP contribution in [-0.4, -0.2) is 30.6 Å². The highest BCUT2D eigenvalue weighted by Gasteiger charge is 2.21. The van der Waals surface area contributed by atoms with E-state index >= 15 is 0 Å². The summed E-state index contributed by atoms with van der Waals surface area (Å²) in [6.45, 7) is 2.39. The Balaban J connectivity index is 2.00. The standard InChI is InChI=1S/C20H20N2O2S/c1-14(13-24-2)21-19(23)18-17(15-9-5-3-6-10-15)22-20(25-18)16-11-7-4-8-12-16/h3-12,14H,13H2,1-2H3,(H,21,23). The summed E-state index contributed by atoms with van der Waals surface area (Å²) in [7, 11) is 1.62. The maximum absolute atomic E-state index is 12.8. The van der Waals surface area contributed by atoms with Gasteiger partial charge in [-0.3, -0.25) is 4.79 Å². The van der Waals surface area contributed by atoms with Gasteiger partial charge in [-0.25, -0.2) is 4.98 Å². The molecular weight excluding hydrogens is 332 g/mol. The molecule has 128 valence electrons. The molecule has 3 aromatic rings. The third-order valence-electron chi connectivity index (χ3n) is 3.70. The van der Waals surface area contributed by atoms with Crippen LogP contribution in [0.4, 0.5) is 0 Å². The number of thiazole rings is 1. The van der Waals surface area contributed by atoms with Crippen LogP contribution in [0.5, 0.6) is 0 Å². The number of amides is 1. The van der Waals surface area contributed by atoms with Crippen LogP contribution in [0.3, 0.4) is 0 Å². The van der Waals surface area contributed by atoms with Crippen molar-refractivity contribution in [2.45, 2.75) is 13.0 Å². The number of rotatable bonds is 6. The first-order valence-electron chi connectivity index (χ1n) is 8.10. The topological polar surface area (TPSA) is 51.2 Å². The molecule has 0 bridgehead atoms. The lowest BCUT2D eigenvalue weighted by atomic mass is 10.1. The SMILES string of the molecule is COCC(C)NC(=O)c1sc(-c2ccccc2)nc1-c1ccccc1. The number of carbonyl (C=O) groups excluding carboxylic acids is 1. The molecule has 25 heavy (non-hydrogen) atoms. The highest BCUT2D eigenvalue weighted by Crippen LogP contribution is 2.33. The van der Waals surface area contributed by atoms with Gasteiger partial charge in [0.2, 0.25) is 0 Å². The minimum absolute atomic E-state index is 0.0663. The first-order valence-corrected chi connectivity index (χ1v) is 8.92. The smallest absolute Gasteiger partial charge is 0.263 e. The molecular formula is C20H20N2O2S. The molecule has 5 heteroatoms. The van der Waals surface area contributed by atoms with Gasteiger partial charge < -0.3 is 10.1 Å². The van der Waals surface area contributed by atoms with E-state index in [4.69, 9.17) is 9.72 Å². The molecule has 0 spiro atoms. The van der Waals surface area contributed by atoms with Crippen LogP contribution in [0.2, 0.25) is 0 Å². The lowest BCUT2D eigenvalue weighted by molar-refractivity contribution is 0.0910. The Morgan fingerprint density at radius 2 is 1.68 bits per heavy atom. The molecule has 1 aromatic heterocycles. The first-order chi connectivity index (χ1) is 12.2. The van der Waals surface area contributed by atoms with E-state index in [1.807, 2.05) is 67.6 Å². The average Bonchev–Trinajstić information content (AvgIpc) is 3.09. The molecule has 0 aliphatic carbocycles. The number of aromatic nitrogens is 1. The summed E-state index contributed by atoms with van der Waals surface area (Å²) in [4.78, 5) is 18.1. The summed E-state index contributed by atoms with van der Waals surface area (Å²) in [5.41, 5.74) is 2.66. The normalized spacial score (nSPS) is 11.9. The maximum Gasteiger partial charge on any atom is 0.263 e. The monoisotopic (exact) mass is 352 g/mol. The molecule has 4 nitrogen and oxygen atoms in total. The van der Waals surface area contributed by atoms with Gasteiger partial charge >= 0.3 is 0 Å². The molecule has 3 rings (SSSR count). The molecule has 1 N–H and O–H groups in total. The Kier molecular flexibility index (Phi) is 5.58. The zero-order chi connectivity index (χ0) is 17.6. The Morgan fingerprint density at radius 3 is 2.28 bits per heavy atom. The summed E-state index contributed by atoms with van der Waals surface area (Å²) in [6, 6.07) is 19.6. The first kappa shape index (κ1) is 17.3. The number of benzene rings is 2. The second kappa shape index (κ2) is 8.05. The Bertz CT molecular complexity index is 831. The third kappa shape index (κ3) is 4.13. The van der Waals surface area contributed by atoms with Crippen LogP contribution < -0.4 is 5.32 Å². The number of methoxy groups -OCH3 is 1. The summed E-state index contributed by atoms with van der Waals surface area (Å²) in [5, 5.41) is 3.82. The van der Waals surface area contributed by atoms with Crippen LogP contribution in [0.25, 0.3) is 21.8 Å². The van der Waals surface area contributed by atoms with Crippen LogP contribution in [0.1, 0.15) is 16.6 Å². The fourth-order valence-electron chi connectivity index (χ4n) is 2.55. The highest BCUT2D eigenvalue weighted by molar-refractivity contribution is 7.17. The zero-order valence-corrected chi connectivity index (χ0v) is 15.0. The van der Waals surface area contributed by atoms with Crippen molar-refractivity contribution in [2.75, 3.05) is 13.7 Å². The number of ether oxygens (including phenoxy) is 1. The van der Waals surface area contributed by atoms with Gasteiger partial charge in [0.25, 0.3) is 5.91 Å². The fraction of sp³-hybridized carbons (Fsp3) is 0.200. The molecule has 0 saturated carbocycles. The van der Waals surface area contributed by atoms with E-state index < -0.39 is 0 Å². The summed E-state index contributed by atoms with van der Waals surface area (Å²) in [5.74, 6) is -0.122. The van der Waals surface area contributed by atoms with Crippen molar-refractivity contribution < 1.29 is 9.53 Å². The van der Waals surface area contributed by atoms with Crippen LogP contribution >= 0.6 is 11.3 Å². The van der Waals surface area contributed by atoms with Gasteiger partial charge in [-0.05, 0) is 6.92 Å². The molecule has 0 aliphatic heterocycles. The summed E-state index contributed by atoms with van der Waals surface area (Å²) >= 11 is 1.41. The van der Waals surface area contributed by atoms with Crippen molar-refractivity contribution >= 4 is 17.2 Å². The van der Waals surface area contributed by atoms with E-state index in [2.05, 4.69) is 5.32 Å². The minimum Gasteiger partial charge on any atom is -0.383 e. The molecule has 0 radical (unpaired) electrons. The molecule has 0 fully saturated rings. The number of hydrogen-bond donors (Lipinski definition) is 1. The Hall–Kier alpha value is -2.50. The average molecular weight is 352 g/mol. The van der Waals surface area contributed by atoms with Crippen LogP contribution in [0, 0.1) is 0 Å². The molecule has 1 heterocycles. The molecule has 1 amide bonds. The van der Waals surface area contributed by atoms with E-state index in [-0.39, 0.29) is 11.9 Å². The van der Waals surface area contributed by atoms with E-state index in [0.717, 1.165) is 16.1 Å². The van der Waals surface area contributed by atoms with Gasteiger partial charge in [0, 0.05) is 24.3 Å². The lowest BCUT2D eigenvalue weighted by Crippen LogP contribution is -2.35. The van der Waals surface area contributed by atoms with Crippen molar-refractivity contribution in [2.24, 2.45) is 0 Å². The van der Waals surface area contributed by atoms with Crippen molar-refractivity contribution in [3.8, 4) is 21.8 Å². The van der Waals surface area contributed by atoms with Crippen LogP contribution in [-0.2, 0) is 4.74 Å². The van der Waals surface area contributed by atoms with Crippen molar-refractivity contribution in [3.63, 3.8) is 0 Å². The van der Waals surface area contributed by atoms with Gasteiger partial charge in [0.15, 0.2) is 0 Å². The van der Waals surface area contributed by atoms with Gasteiger partial charge in [-0.2, -0.15) is 0 Å². The second-order valence-electron chi connectivity index (χ2n) is 5.76. The predicted octanol–water partition coefficient (Wildman–Crippen LogP) is 4.24. The number of nitrogens with zero attached hydrogens (tertiary/aromatic N) is 1. The van der Waals surface area contributed by atoms with Gasteiger partial charge in [0.1, 0.15) is 9.88 Å². The Labute approximate surface area is 151 Å². The summed E-state index contributed by atoms with van der Waals surface area (Å²) < 4.78 is 5.10. The highest BCUT2D eigenvalue weighted by atomic mass is 32.1. The van der Waals surface area contributed by atoms with Crippen LogP contribution in [0.15, 0.2) is 60.7 Å². The number of nitrogens with one attached hydrogen (secondary N) is 1. The molecule has 0 aliphatic rings. The van der Waals surface area contributed by atoms with E-state index in [0.29, 0.717) is 17.2 Å². The van der Waals surface area contributed by atoms with Gasteiger partial charge in [-0.15, -0.1) is 11.3 Å².